The first-order valence-electron chi connectivity index (χ1n) is 9.33. The van der Waals surface area contributed by atoms with Crippen molar-refractivity contribution in [1.82, 2.24) is 10.2 Å². The van der Waals surface area contributed by atoms with Gasteiger partial charge in [-0.05, 0) is 37.1 Å². The van der Waals surface area contributed by atoms with Gasteiger partial charge in [-0.25, -0.2) is 4.39 Å². The smallest absolute Gasteiger partial charge is 0.141 e. The van der Waals surface area contributed by atoms with E-state index >= 15 is 0 Å². The van der Waals surface area contributed by atoms with Gasteiger partial charge in [-0.3, -0.25) is 4.90 Å². The van der Waals surface area contributed by atoms with Crippen molar-refractivity contribution < 1.29 is 4.39 Å². The second-order valence-corrected chi connectivity index (χ2v) is 8.08. The van der Waals surface area contributed by atoms with Crippen molar-refractivity contribution in [2.45, 2.75) is 24.4 Å². The molecule has 0 aromatic heterocycles. The monoisotopic (exact) mass is 395 g/mol. The Balaban J connectivity index is 1.62. The number of nitrogens with two attached hydrogens (primary N) is 1. The first-order chi connectivity index (χ1) is 13.6. The number of hydrogen-bond donors (Lipinski definition) is 3. The van der Waals surface area contributed by atoms with Gasteiger partial charge < -0.3 is 16.4 Å². The zero-order valence-electron chi connectivity index (χ0n) is 15.4. The van der Waals surface area contributed by atoms with Crippen LogP contribution >= 0.6 is 11.8 Å². The summed E-state index contributed by atoms with van der Waals surface area (Å²) in [5, 5.41) is 16.9. The summed E-state index contributed by atoms with van der Waals surface area (Å²) < 4.78 is 14.2. The highest BCUT2D eigenvalue weighted by molar-refractivity contribution is 8.04. The van der Waals surface area contributed by atoms with E-state index in [0.29, 0.717) is 0 Å². The lowest BCUT2D eigenvalue weighted by Gasteiger charge is -2.34. The molecule has 2 aliphatic rings. The van der Waals surface area contributed by atoms with Crippen molar-refractivity contribution in [1.29, 1.82) is 5.26 Å². The molecule has 0 bridgehead atoms. The number of piperidine rings is 1. The number of thioether (sulfide) groups is 1. The Labute approximate surface area is 168 Å². The molecule has 0 radical (unpaired) electrons. The minimum absolute atomic E-state index is 0.0501. The van der Waals surface area contributed by atoms with Gasteiger partial charge in [0.15, 0.2) is 0 Å². The summed E-state index contributed by atoms with van der Waals surface area (Å²) in [6.45, 7) is 1.86. The predicted octanol–water partition coefficient (Wildman–Crippen LogP) is 3.48. The fourth-order valence-electron chi connectivity index (χ4n) is 3.43. The molecule has 7 heteroatoms. The van der Waals surface area contributed by atoms with Gasteiger partial charge in [0.05, 0.1) is 11.3 Å². The first kappa shape index (κ1) is 18.8. The zero-order chi connectivity index (χ0) is 19.5. The quantitative estimate of drug-likeness (QED) is 0.736. The molecule has 1 saturated heterocycles. The van der Waals surface area contributed by atoms with Crippen LogP contribution in [-0.4, -0.2) is 29.5 Å². The highest BCUT2D eigenvalue weighted by Crippen LogP contribution is 2.38. The topological polar surface area (TPSA) is 77.1 Å². The molecular weight excluding hydrogens is 373 g/mol. The molecule has 2 heterocycles. The van der Waals surface area contributed by atoms with Crippen LogP contribution in [0.25, 0.3) is 5.70 Å². The standard InChI is InChI=1S/C21H22FN5S/c22-18-12-14(6-7-15(18)13-23)19-20(25-17-4-2-1-3-5-17)28-21(26-19)27-10-8-16(24)9-11-27/h1-7,12,16,21,25-26H,8-11,24H2. The number of nitrogens with zero attached hydrogens (tertiary/aromatic N) is 2. The second kappa shape index (κ2) is 8.23. The maximum absolute atomic E-state index is 14.2. The highest BCUT2D eigenvalue weighted by Gasteiger charge is 2.32. The molecule has 0 spiro atoms. The number of nitrogens with one attached hydrogen (secondary N) is 2. The van der Waals surface area contributed by atoms with E-state index in [1.165, 1.54) is 12.1 Å². The highest BCUT2D eigenvalue weighted by atomic mass is 32.2. The summed E-state index contributed by atoms with van der Waals surface area (Å²) in [4.78, 5) is 2.37. The molecule has 2 aromatic rings. The van der Waals surface area contributed by atoms with Gasteiger partial charge in [-0.1, -0.05) is 36.0 Å². The van der Waals surface area contributed by atoms with Crippen LogP contribution in [0.1, 0.15) is 24.0 Å². The molecule has 1 unspecified atom stereocenters. The Morgan fingerprint density at radius 3 is 2.61 bits per heavy atom. The first-order valence-corrected chi connectivity index (χ1v) is 10.2. The van der Waals surface area contributed by atoms with Gasteiger partial charge in [0.2, 0.25) is 0 Å². The van der Waals surface area contributed by atoms with Gasteiger partial charge in [-0.15, -0.1) is 0 Å². The number of anilines is 1. The summed E-state index contributed by atoms with van der Waals surface area (Å²) in [7, 11) is 0. The van der Waals surface area contributed by atoms with Crippen molar-refractivity contribution in [3.63, 3.8) is 0 Å². The number of nitriles is 1. The number of para-hydroxylation sites is 1. The number of benzene rings is 2. The second-order valence-electron chi connectivity index (χ2n) is 6.99. The number of halogens is 1. The van der Waals surface area contributed by atoms with E-state index in [9.17, 15) is 4.39 Å². The van der Waals surface area contributed by atoms with Crippen LogP contribution in [-0.2, 0) is 0 Å². The van der Waals surface area contributed by atoms with Crippen molar-refractivity contribution in [3.8, 4) is 6.07 Å². The summed E-state index contributed by atoms with van der Waals surface area (Å²) >= 11 is 1.69. The molecule has 1 atom stereocenters. The van der Waals surface area contributed by atoms with E-state index in [-0.39, 0.29) is 17.1 Å². The van der Waals surface area contributed by atoms with Gasteiger partial charge in [0.25, 0.3) is 0 Å². The molecule has 0 saturated carbocycles. The van der Waals surface area contributed by atoms with Crippen LogP contribution in [0.2, 0.25) is 0 Å². The Kier molecular flexibility index (Phi) is 5.53. The number of likely N-dealkylation sites (tertiary alicyclic amines) is 1. The van der Waals surface area contributed by atoms with E-state index < -0.39 is 5.82 Å². The van der Waals surface area contributed by atoms with Gasteiger partial charge >= 0.3 is 0 Å². The number of rotatable bonds is 4. The molecule has 1 fully saturated rings. The average molecular weight is 396 g/mol. The van der Waals surface area contributed by atoms with Crippen molar-refractivity contribution in [2.24, 2.45) is 5.73 Å². The Bertz CT molecular complexity index is 916. The van der Waals surface area contributed by atoms with Crippen LogP contribution < -0.4 is 16.4 Å². The van der Waals surface area contributed by atoms with E-state index in [1.807, 2.05) is 36.4 Å². The fourth-order valence-corrected chi connectivity index (χ4v) is 4.66. The summed E-state index contributed by atoms with van der Waals surface area (Å²) in [6, 6.07) is 16.8. The lowest BCUT2D eigenvalue weighted by Crippen LogP contribution is -2.47. The lowest BCUT2D eigenvalue weighted by atomic mass is 10.1. The van der Waals surface area contributed by atoms with Gasteiger partial charge in [-0.2, -0.15) is 5.26 Å². The van der Waals surface area contributed by atoms with Crippen LogP contribution in [0.15, 0.2) is 53.6 Å². The van der Waals surface area contributed by atoms with Crippen molar-refractivity contribution in [3.05, 3.63) is 70.5 Å². The Morgan fingerprint density at radius 2 is 1.93 bits per heavy atom. The minimum Gasteiger partial charge on any atom is -0.358 e. The molecule has 4 rings (SSSR count). The molecule has 4 N–H and O–H groups in total. The molecule has 0 aliphatic carbocycles. The van der Waals surface area contributed by atoms with Crippen LogP contribution in [0, 0.1) is 17.1 Å². The van der Waals surface area contributed by atoms with Gasteiger partial charge in [0, 0.05) is 30.4 Å². The van der Waals surface area contributed by atoms with Crippen molar-refractivity contribution >= 4 is 23.1 Å². The third-order valence-electron chi connectivity index (χ3n) is 5.04. The SMILES string of the molecule is N#Cc1ccc(C2=C(Nc3ccccc3)SC(N3CCC(N)CC3)N2)cc1F. The molecule has 28 heavy (non-hydrogen) atoms. The molecule has 5 nitrogen and oxygen atoms in total. The van der Waals surface area contributed by atoms with Crippen LogP contribution in [0.3, 0.4) is 0 Å². The molecule has 2 aliphatic heterocycles. The maximum Gasteiger partial charge on any atom is 0.141 e. The summed E-state index contributed by atoms with van der Waals surface area (Å²) in [5.41, 5.74) is 8.69. The third-order valence-corrected chi connectivity index (χ3v) is 6.22. The van der Waals surface area contributed by atoms with E-state index in [1.54, 1.807) is 17.8 Å². The van der Waals surface area contributed by atoms with Crippen molar-refractivity contribution in [2.75, 3.05) is 18.4 Å². The predicted molar refractivity (Wildman–Crippen MR) is 111 cm³/mol. The minimum atomic E-state index is -0.509. The molecule has 144 valence electrons. The fraction of sp³-hybridized carbons (Fsp3) is 0.286. The summed E-state index contributed by atoms with van der Waals surface area (Å²) in [5.74, 6) is -0.509. The van der Waals surface area contributed by atoms with Crippen LogP contribution in [0.4, 0.5) is 10.1 Å². The third kappa shape index (κ3) is 3.99. The Hall–Kier alpha value is -2.53. The molecule has 0 amide bonds. The van der Waals surface area contributed by atoms with Gasteiger partial charge in [0.1, 0.15) is 22.4 Å². The Morgan fingerprint density at radius 1 is 1.18 bits per heavy atom. The van der Waals surface area contributed by atoms with Crippen LogP contribution in [0.5, 0.6) is 0 Å². The normalized spacial score (nSPS) is 20.7. The number of hydrogen-bond acceptors (Lipinski definition) is 6. The lowest BCUT2D eigenvalue weighted by molar-refractivity contribution is 0.191. The molecular formula is C21H22FN5S. The largest absolute Gasteiger partial charge is 0.358 e. The van der Waals surface area contributed by atoms with E-state index in [2.05, 4.69) is 15.5 Å². The maximum atomic E-state index is 14.2. The average Bonchev–Trinajstić information content (AvgIpc) is 3.13. The summed E-state index contributed by atoms with van der Waals surface area (Å²) in [6.07, 6.45) is 1.95. The molecule has 2 aromatic carbocycles. The zero-order valence-corrected chi connectivity index (χ0v) is 16.2. The van der Waals surface area contributed by atoms with E-state index in [4.69, 9.17) is 11.0 Å². The van der Waals surface area contributed by atoms with E-state index in [0.717, 1.165) is 47.9 Å².